The lowest BCUT2D eigenvalue weighted by Gasteiger charge is -2.34. The second-order valence-electron chi connectivity index (χ2n) is 5.46. The van der Waals surface area contributed by atoms with Gasteiger partial charge in [-0.1, -0.05) is 54.8 Å². The summed E-state index contributed by atoms with van der Waals surface area (Å²) in [7, 11) is 0. The van der Waals surface area contributed by atoms with Crippen LogP contribution in [0.5, 0.6) is 0 Å². The number of rotatable bonds is 4. The van der Waals surface area contributed by atoms with Crippen molar-refractivity contribution in [3.8, 4) is 0 Å². The molecule has 106 valence electrons. The Kier molecular flexibility index (Phi) is 4.06. The zero-order chi connectivity index (χ0) is 13.8. The predicted molar refractivity (Wildman–Crippen MR) is 79.0 cm³/mol. The van der Waals surface area contributed by atoms with E-state index in [-0.39, 0.29) is 5.41 Å². The van der Waals surface area contributed by atoms with Gasteiger partial charge in [-0.25, -0.2) is 0 Å². The van der Waals surface area contributed by atoms with Crippen LogP contribution in [0.1, 0.15) is 49.4 Å². The minimum Gasteiger partial charge on any atom is -0.339 e. The van der Waals surface area contributed by atoms with Crippen LogP contribution in [0, 0.1) is 0 Å². The molecule has 0 amide bonds. The summed E-state index contributed by atoms with van der Waals surface area (Å²) in [6.45, 7) is 0. The van der Waals surface area contributed by atoms with Gasteiger partial charge in [0, 0.05) is 12.3 Å². The highest BCUT2D eigenvalue weighted by molar-refractivity contribution is 6.17. The van der Waals surface area contributed by atoms with Crippen LogP contribution in [0.4, 0.5) is 0 Å². The molecule has 0 bridgehead atoms. The molecular weight excluding hydrogens is 272 g/mol. The average molecular weight is 291 g/mol. The molecule has 3 rings (SSSR count). The normalized spacial score (nSPS) is 18.1. The third kappa shape index (κ3) is 2.47. The van der Waals surface area contributed by atoms with E-state index in [4.69, 9.17) is 16.1 Å². The van der Waals surface area contributed by atoms with E-state index in [1.165, 1.54) is 24.8 Å². The number of halogens is 1. The molecule has 1 aliphatic rings. The Hall–Kier alpha value is -1.35. The largest absolute Gasteiger partial charge is 0.339 e. The van der Waals surface area contributed by atoms with Crippen molar-refractivity contribution in [2.45, 2.75) is 43.9 Å². The molecule has 1 fully saturated rings. The summed E-state index contributed by atoms with van der Waals surface area (Å²) >= 11 is 5.76. The molecular formula is C16H19ClN2O. The summed E-state index contributed by atoms with van der Waals surface area (Å²) in [5.74, 6) is 2.00. The summed E-state index contributed by atoms with van der Waals surface area (Å²) in [6.07, 6.45) is 6.55. The quantitative estimate of drug-likeness (QED) is 0.796. The molecule has 0 aliphatic heterocycles. The van der Waals surface area contributed by atoms with Gasteiger partial charge < -0.3 is 4.52 Å². The first-order chi connectivity index (χ1) is 9.85. The van der Waals surface area contributed by atoms with E-state index in [0.717, 1.165) is 18.7 Å². The maximum absolute atomic E-state index is 5.76. The smallest absolute Gasteiger partial charge is 0.227 e. The van der Waals surface area contributed by atoms with Crippen molar-refractivity contribution < 1.29 is 4.52 Å². The molecule has 4 heteroatoms. The standard InChI is InChI=1S/C16H19ClN2O/c17-12-9-14-18-15(19-20-14)16(10-5-2-6-11-16)13-7-3-1-4-8-13/h1,3-4,7-8H,2,5-6,9-12H2. The molecule has 0 N–H and O–H groups in total. The van der Waals surface area contributed by atoms with E-state index in [2.05, 4.69) is 40.5 Å². The Bertz CT molecular complexity index is 547. The van der Waals surface area contributed by atoms with E-state index < -0.39 is 0 Å². The molecule has 0 unspecified atom stereocenters. The van der Waals surface area contributed by atoms with Crippen LogP contribution in [0.25, 0.3) is 0 Å². The fourth-order valence-corrected chi connectivity index (χ4v) is 3.35. The van der Waals surface area contributed by atoms with E-state index in [1.54, 1.807) is 0 Å². The van der Waals surface area contributed by atoms with Gasteiger partial charge in [0.2, 0.25) is 5.89 Å². The number of nitrogens with zero attached hydrogens (tertiary/aromatic N) is 2. The Morgan fingerprint density at radius 1 is 1.10 bits per heavy atom. The first-order valence-electron chi connectivity index (χ1n) is 7.30. The Labute approximate surface area is 124 Å². The van der Waals surface area contributed by atoms with Crippen molar-refractivity contribution >= 4 is 11.6 Å². The lowest BCUT2D eigenvalue weighted by Crippen LogP contribution is -2.31. The Morgan fingerprint density at radius 3 is 2.55 bits per heavy atom. The van der Waals surface area contributed by atoms with E-state index in [9.17, 15) is 0 Å². The van der Waals surface area contributed by atoms with Gasteiger partial charge in [0.1, 0.15) is 0 Å². The van der Waals surface area contributed by atoms with Gasteiger partial charge in [-0.05, 0) is 18.4 Å². The third-order valence-corrected chi connectivity index (χ3v) is 4.43. The zero-order valence-electron chi connectivity index (χ0n) is 11.5. The SMILES string of the molecule is ClCCc1nc(C2(c3ccccc3)CCCCC2)no1. The zero-order valence-corrected chi connectivity index (χ0v) is 12.3. The molecule has 0 spiro atoms. The number of benzene rings is 1. The van der Waals surface area contributed by atoms with Crippen LogP contribution in [-0.2, 0) is 11.8 Å². The van der Waals surface area contributed by atoms with E-state index in [0.29, 0.717) is 18.2 Å². The molecule has 0 radical (unpaired) electrons. The van der Waals surface area contributed by atoms with Crippen molar-refractivity contribution in [2.24, 2.45) is 0 Å². The fourth-order valence-electron chi connectivity index (χ4n) is 3.19. The van der Waals surface area contributed by atoms with Gasteiger partial charge in [0.25, 0.3) is 0 Å². The lowest BCUT2D eigenvalue weighted by molar-refractivity contribution is 0.309. The van der Waals surface area contributed by atoms with Gasteiger partial charge in [0.15, 0.2) is 5.82 Å². The van der Waals surface area contributed by atoms with Gasteiger partial charge in [-0.2, -0.15) is 4.98 Å². The van der Waals surface area contributed by atoms with Gasteiger partial charge in [-0.3, -0.25) is 0 Å². The van der Waals surface area contributed by atoms with Crippen molar-refractivity contribution in [1.82, 2.24) is 10.1 Å². The van der Waals surface area contributed by atoms with E-state index in [1.807, 2.05) is 0 Å². The van der Waals surface area contributed by atoms with Crippen LogP contribution in [-0.4, -0.2) is 16.0 Å². The summed E-state index contributed by atoms with van der Waals surface area (Å²) < 4.78 is 5.36. The topological polar surface area (TPSA) is 38.9 Å². The number of hydrogen-bond acceptors (Lipinski definition) is 3. The predicted octanol–water partition coefficient (Wildman–Crippen LogP) is 4.10. The maximum Gasteiger partial charge on any atom is 0.227 e. The van der Waals surface area contributed by atoms with Gasteiger partial charge in [-0.15, -0.1) is 11.6 Å². The Balaban J connectivity index is 2.00. The number of aromatic nitrogens is 2. The van der Waals surface area contributed by atoms with Crippen molar-refractivity contribution in [1.29, 1.82) is 0 Å². The number of aryl methyl sites for hydroxylation is 1. The van der Waals surface area contributed by atoms with Crippen LogP contribution < -0.4 is 0 Å². The summed E-state index contributed by atoms with van der Waals surface area (Å²) in [5, 5.41) is 4.26. The van der Waals surface area contributed by atoms with Crippen LogP contribution >= 0.6 is 11.6 Å². The number of alkyl halides is 1. The monoisotopic (exact) mass is 290 g/mol. The molecule has 1 heterocycles. The van der Waals surface area contributed by atoms with Gasteiger partial charge >= 0.3 is 0 Å². The number of hydrogen-bond donors (Lipinski definition) is 0. The second-order valence-corrected chi connectivity index (χ2v) is 5.84. The first kappa shape index (κ1) is 13.6. The minimum absolute atomic E-state index is 0.0758. The maximum atomic E-state index is 5.76. The molecule has 1 saturated carbocycles. The second kappa shape index (κ2) is 5.96. The lowest BCUT2D eigenvalue weighted by atomic mass is 9.69. The molecule has 1 aromatic heterocycles. The summed E-state index contributed by atoms with van der Waals surface area (Å²) in [5.41, 5.74) is 1.23. The summed E-state index contributed by atoms with van der Waals surface area (Å²) in [6, 6.07) is 10.6. The van der Waals surface area contributed by atoms with Crippen LogP contribution in [0.15, 0.2) is 34.9 Å². The molecule has 0 saturated heterocycles. The molecule has 0 atom stereocenters. The molecule has 1 aromatic carbocycles. The fraction of sp³-hybridized carbons (Fsp3) is 0.500. The first-order valence-corrected chi connectivity index (χ1v) is 7.83. The average Bonchev–Trinajstić information content (AvgIpc) is 2.98. The van der Waals surface area contributed by atoms with E-state index >= 15 is 0 Å². The van der Waals surface area contributed by atoms with Crippen molar-refractivity contribution in [2.75, 3.05) is 5.88 Å². The highest BCUT2D eigenvalue weighted by Crippen LogP contribution is 2.43. The highest BCUT2D eigenvalue weighted by Gasteiger charge is 2.39. The van der Waals surface area contributed by atoms with Crippen LogP contribution in [0.2, 0.25) is 0 Å². The molecule has 2 aromatic rings. The third-order valence-electron chi connectivity index (χ3n) is 4.24. The van der Waals surface area contributed by atoms with Crippen molar-refractivity contribution in [3.63, 3.8) is 0 Å². The minimum atomic E-state index is -0.0758. The van der Waals surface area contributed by atoms with Crippen LogP contribution in [0.3, 0.4) is 0 Å². The summed E-state index contributed by atoms with van der Waals surface area (Å²) in [4.78, 5) is 4.61. The van der Waals surface area contributed by atoms with Crippen molar-refractivity contribution in [3.05, 3.63) is 47.6 Å². The molecule has 3 nitrogen and oxygen atoms in total. The molecule has 1 aliphatic carbocycles. The highest BCUT2D eigenvalue weighted by atomic mass is 35.5. The molecule has 20 heavy (non-hydrogen) atoms. The van der Waals surface area contributed by atoms with Gasteiger partial charge in [0.05, 0.1) is 5.41 Å². The Morgan fingerprint density at radius 2 is 1.85 bits per heavy atom.